The summed E-state index contributed by atoms with van der Waals surface area (Å²) in [7, 11) is 0. The number of hydrogen-bond acceptors (Lipinski definition) is 3. The topological polar surface area (TPSA) is 50.2 Å². The highest BCUT2D eigenvalue weighted by Gasteiger charge is 2.29. The SMILES string of the molecule is CC(C)n1c(C2CCCN(C(=O)CCC3CCNCC3)C2)nc2ccccc21.Cl.Cl. The first-order valence-electron chi connectivity index (χ1n) is 11.1. The normalized spacial score (nSPS) is 20.1. The van der Waals surface area contributed by atoms with Gasteiger partial charge in [-0.05, 0) is 77.1 Å². The molecular weight excluding hydrogens is 419 g/mol. The zero-order valence-corrected chi connectivity index (χ0v) is 19.8. The Labute approximate surface area is 192 Å². The highest BCUT2D eigenvalue weighted by molar-refractivity contribution is 5.85. The van der Waals surface area contributed by atoms with Crippen LogP contribution < -0.4 is 5.32 Å². The first kappa shape index (κ1) is 25.0. The lowest BCUT2D eigenvalue weighted by molar-refractivity contribution is -0.132. The molecule has 1 unspecified atom stereocenters. The van der Waals surface area contributed by atoms with Crippen LogP contribution in [0, 0.1) is 5.92 Å². The van der Waals surface area contributed by atoms with Crippen LogP contribution in [-0.4, -0.2) is 46.5 Å². The van der Waals surface area contributed by atoms with Crippen molar-refractivity contribution in [3.8, 4) is 0 Å². The Hall–Kier alpha value is -1.30. The second-order valence-corrected chi connectivity index (χ2v) is 8.83. The van der Waals surface area contributed by atoms with Gasteiger partial charge in [-0.15, -0.1) is 24.8 Å². The Balaban J connectivity index is 0.00000160. The van der Waals surface area contributed by atoms with Crippen LogP contribution in [0.15, 0.2) is 24.3 Å². The van der Waals surface area contributed by atoms with Gasteiger partial charge in [-0.1, -0.05) is 12.1 Å². The molecule has 3 heterocycles. The molecule has 1 aromatic heterocycles. The van der Waals surface area contributed by atoms with Gasteiger partial charge < -0.3 is 14.8 Å². The number of fused-ring (bicyclic) bond motifs is 1. The largest absolute Gasteiger partial charge is 0.342 e. The highest BCUT2D eigenvalue weighted by atomic mass is 35.5. The zero-order chi connectivity index (χ0) is 19.5. The van der Waals surface area contributed by atoms with Crippen molar-refractivity contribution < 1.29 is 4.79 Å². The summed E-state index contributed by atoms with van der Waals surface area (Å²) in [4.78, 5) is 20.0. The van der Waals surface area contributed by atoms with Crippen molar-refractivity contribution in [1.82, 2.24) is 19.8 Å². The lowest BCUT2D eigenvalue weighted by Gasteiger charge is -2.33. The molecular formula is C23H36Cl2N4O. The van der Waals surface area contributed by atoms with Gasteiger partial charge in [-0.2, -0.15) is 0 Å². The quantitative estimate of drug-likeness (QED) is 0.695. The summed E-state index contributed by atoms with van der Waals surface area (Å²) >= 11 is 0. The number of aromatic nitrogens is 2. The van der Waals surface area contributed by atoms with Crippen molar-refractivity contribution in [2.45, 2.75) is 64.3 Å². The molecule has 30 heavy (non-hydrogen) atoms. The van der Waals surface area contributed by atoms with Crippen LogP contribution in [0.4, 0.5) is 0 Å². The minimum atomic E-state index is 0. The average molecular weight is 455 g/mol. The second kappa shape index (κ2) is 11.4. The van der Waals surface area contributed by atoms with Crippen molar-refractivity contribution in [1.29, 1.82) is 0 Å². The molecule has 1 atom stereocenters. The number of rotatable bonds is 5. The van der Waals surface area contributed by atoms with Gasteiger partial charge in [0.1, 0.15) is 5.82 Å². The molecule has 168 valence electrons. The predicted molar refractivity (Wildman–Crippen MR) is 128 cm³/mol. The van der Waals surface area contributed by atoms with E-state index in [2.05, 4.69) is 52.9 Å². The maximum absolute atomic E-state index is 12.9. The van der Waals surface area contributed by atoms with E-state index in [1.807, 2.05) is 0 Å². The number of para-hydroxylation sites is 2. The van der Waals surface area contributed by atoms with Crippen LogP contribution in [0.2, 0.25) is 0 Å². The third-order valence-corrected chi connectivity index (χ3v) is 6.50. The molecule has 0 spiro atoms. The van der Waals surface area contributed by atoms with Gasteiger partial charge in [0.2, 0.25) is 5.91 Å². The van der Waals surface area contributed by atoms with Crippen molar-refractivity contribution in [3.05, 3.63) is 30.1 Å². The van der Waals surface area contributed by atoms with E-state index in [1.165, 1.54) is 18.4 Å². The fraction of sp³-hybridized carbons (Fsp3) is 0.652. The van der Waals surface area contributed by atoms with E-state index in [4.69, 9.17) is 4.98 Å². The maximum atomic E-state index is 12.9. The van der Waals surface area contributed by atoms with E-state index in [9.17, 15) is 4.79 Å². The zero-order valence-electron chi connectivity index (χ0n) is 18.2. The van der Waals surface area contributed by atoms with Crippen molar-refractivity contribution in [3.63, 3.8) is 0 Å². The first-order valence-corrected chi connectivity index (χ1v) is 11.1. The predicted octanol–water partition coefficient (Wildman–Crippen LogP) is 4.95. The number of benzene rings is 1. The second-order valence-electron chi connectivity index (χ2n) is 8.83. The van der Waals surface area contributed by atoms with E-state index >= 15 is 0 Å². The molecule has 0 radical (unpaired) electrons. The number of nitrogens with zero attached hydrogens (tertiary/aromatic N) is 3. The molecule has 1 N–H and O–H groups in total. The number of imidazole rings is 1. The average Bonchev–Trinajstić information content (AvgIpc) is 3.13. The van der Waals surface area contributed by atoms with Crippen molar-refractivity contribution in [2.24, 2.45) is 5.92 Å². The molecule has 2 fully saturated rings. The minimum absolute atomic E-state index is 0. The standard InChI is InChI=1S/C23H34N4O.2ClH/c1-17(2)27-21-8-4-3-7-20(21)25-23(27)19-6-5-15-26(16-19)22(28)10-9-18-11-13-24-14-12-18;;/h3-4,7-8,17-19,24H,5-6,9-16H2,1-2H3;2*1H. The summed E-state index contributed by atoms with van der Waals surface area (Å²) in [6, 6.07) is 8.78. The van der Waals surface area contributed by atoms with Gasteiger partial charge in [0.05, 0.1) is 11.0 Å². The van der Waals surface area contributed by atoms with Crippen molar-refractivity contribution in [2.75, 3.05) is 26.2 Å². The molecule has 7 heteroatoms. The van der Waals surface area contributed by atoms with Crippen LogP contribution in [-0.2, 0) is 4.79 Å². The van der Waals surface area contributed by atoms with E-state index in [-0.39, 0.29) is 24.8 Å². The maximum Gasteiger partial charge on any atom is 0.222 e. The fourth-order valence-corrected chi connectivity index (χ4v) is 4.96. The third-order valence-electron chi connectivity index (χ3n) is 6.50. The number of halogens is 2. The molecule has 0 saturated carbocycles. The van der Waals surface area contributed by atoms with Crippen LogP contribution >= 0.6 is 24.8 Å². The van der Waals surface area contributed by atoms with Gasteiger partial charge in [-0.3, -0.25) is 4.79 Å². The third kappa shape index (κ3) is 5.49. The Morgan fingerprint density at radius 1 is 1.17 bits per heavy atom. The summed E-state index contributed by atoms with van der Waals surface area (Å²) in [5.74, 6) is 2.56. The molecule has 4 rings (SSSR count). The molecule has 2 aromatic rings. The van der Waals surface area contributed by atoms with Crippen LogP contribution in [0.5, 0.6) is 0 Å². The molecule has 0 bridgehead atoms. The minimum Gasteiger partial charge on any atom is -0.342 e. The highest BCUT2D eigenvalue weighted by Crippen LogP contribution is 2.32. The fourth-order valence-electron chi connectivity index (χ4n) is 4.96. The van der Waals surface area contributed by atoms with Crippen molar-refractivity contribution >= 4 is 41.8 Å². The number of carbonyl (C=O) groups is 1. The molecule has 5 nitrogen and oxygen atoms in total. The van der Waals surface area contributed by atoms with E-state index in [0.717, 1.165) is 62.7 Å². The summed E-state index contributed by atoms with van der Waals surface area (Å²) in [5.41, 5.74) is 2.28. The molecule has 2 aliphatic heterocycles. The Morgan fingerprint density at radius 3 is 2.63 bits per heavy atom. The molecule has 2 aliphatic rings. The molecule has 2 saturated heterocycles. The monoisotopic (exact) mass is 454 g/mol. The van der Waals surface area contributed by atoms with Gasteiger partial charge in [0.25, 0.3) is 0 Å². The Morgan fingerprint density at radius 2 is 1.90 bits per heavy atom. The molecule has 1 aromatic carbocycles. The smallest absolute Gasteiger partial charge is 0.222 e. The number of hydrogen-bond donors (Lipinski definition) is 1. The van der Waals surface area contributed by atoms with Gasteiger partial charge in [0, 0.05) is 31.5 Å². The summed E-state index contributed by atoms with van der Waals surface area (Å²) in [5, 5.41) is 3.41. The van der Waals surface area contributed by atoms with Crippen LogP contribution in [0.3, 0.4) is 0 Å². The Kier molecular flexibility index (Phi) is 9.45. The lowest BCUT2D eigenvalue weighted by Crippen LogP contribution is -2.40. The number of nitrogens with one attached hydrogen (secondary N) is 1. The van der Waals surface area contributed by atoms with Gasteiger partial charge in [0.15, 0.2) is 0 Å². The first-order chi connectivity index (χ1) is 13.6. The van der Waals surface area contributed by atoms with E-state index in [1.54, 1.807) is 0 Å². The molecule has 0 aliphatic carbocycles. The summed E-state index contributed by atoms with van der Waals surface area (Å²) < 4.78 is 2.38. The summed E-state index contributed by atoms with van der Waals surface area (Å²) in [6.45, 7) is 8.39. The Bertz CT molecular complexity index is 817. The van der Waals surface area contributed by atoms with E-state index in [0.29, 0.717) is 24.3 Å². The van der Waals surface area contributed by atoms with Crippen LogP contribution in [0.25, 0.3) is 11.0 Å². The number of amides is 1. The lowest BCUT2D eigenvalue weighted by atomic mass is 9.92. The summed E-state index contributed by atoms with van der Waals surface area (Å²) in [6.07, 6.45) is 6.38. The van der Waals surface area contributed by atoms with Gasteiger partial charge in [-0.25, -0.2) is 4.98 Å². The number of likely N-dealkylation sites (tertiary alicyclic amines) is 1. The number of piperidine rings is 2. The van der Waals surface area contributed by atoms with Crippen LogP contribution in [0.1, 0.15) is 70.2 Å². The number of carbonyl (C=O) groups excluding carboxylic acids is 1. The van der Waals surface area contributed by atoms with Gasteiger partial charge >= 0.3 is 0 Å². The van der Waals surface area contributed by atoms with E-state index < -0.39 is 0 Å². The molecule has 1 amide bonds.